The summed E-state index contributed by atoms with van der Waals surface area (Å²) in [6, 6.07) is 13.3. The number of anilines is 1. The lowest BCUT2D eigenvalue weighted by Gasteiger charge is -2.32. The predicted molar refractivity (Wildman–Crippen MR) is 133 cm³/mol. The number of likely N-dealkylation sites (N-methyl/N-ethyl adjacent to an activating group) is 1. The average Bonchev–Trinajstić information content (AvgIpc) is 2.74. The van der Waals surface area contributed by atoms with Crippen LogP contribution in [0.25, 0.3) is 0 Å². The second-order valence-electron chi connectivity index (χ2n) is 8.21. The Morgan fingerprint density at radius 1 is 1.06 bits per heavy atom. The number of carbonyl (C=O) groups is 2. The van der Waals surface area contributed by atoms with E-state index in [2.05, 4.69) is 5.32 Å². The van der Waals surface area contributed by atoms with Gasteiger partial charge in [-0.3, -0.25) is 13.9 Å². The Morgan fingerprint density at radius 3 is 2.30 bits per heavy atom. The second-order valence-corrected chi connectivity index (χ2v) is 10.5. The van der Waals surface area contributed by atoms with E-state index in [4.69, 9.17) is 11.6 Å². The second kappa shape index (κ2) is 11.5. The van der Waals surface area contributed by atoms with Gasteiger partial charge in [0.05, 0.1) is 11.9 Å². The van der Waals surface area contributed by atoms with Crippen molar-refractivity contribution in [3.8, 4) is 0 Å². The average molecular weight is 494 g/mol. The first-order valence-corrected chi connectivity index (χ1v) is 13.1. The molecule has 180 valence electrons. The smallest absolute Gasteiger partial charge is 0.244 e. The minimum absolute atomic E-state index is 0.0531. The molecule has 0 saturated carbocycles. The summed E-state index contributed by atoms with van der Waals surface area (Å²) in [6.07, 6.45) is 1.08. The first-order valence-electron chi connectivity index (χ1n) is 10.8. The molecule has 33 heavy (non-hydrogen) atoms. The fraction of sp³-hybridized carbons (Fsp3) is 0.417. The first kappa shape index (κ1) is 26.7. The van der Waals surface area contributed by atoms with E-state index in [1.807, 2.05) is 26.0 Å². The van der Waals surface area contributed by atoms with Gasteiger partial charge < -0.3 is 10.2 Å². The Morgan fingerprint density at radius 2 is 1.73 bits per heavy atom. The Bertz CT molecular complexity index is 1090. The van der Waals surface area contributed by atoms with E-state index in [0.717, 1.165) is 21.7 Å². The van der Waals surface area contributed by atoms with Crippen LogP contribution in [0.4, 0.5) is 5.69 Å². The summed E-state index contributed by atoms with van der Waals surface area (Å²) >= 11 is 6.10. The van der Waals surface area contributed by atoms with Crippen molar-refractivity contribution in [2.24, 2.45) is 0 Å². The number of nitrogens with zero attached hydrogens (tertiary/aromatic N) is 2. The number of halogens is 1. The number of rotatable bonds is 10. The topological polar surface area (TPSA) is 86.8 Å². The van der Waals surface area contributed by atoms with Gasteiger partial charge in [0.25, 0.3) is 0 Å². The van der Waals surface area contributed by atoms with Gasteiger partial charge in [0, 0.05) is 18.1 Å². The number of nitrogens with one attached hydrogen (secondary N) is 1. The molecule has 0 unspecified atom stereocenters. The fourth-order valence-electron chi connectivity index (χ4n) is 3.53. The van der Waals surface area contributed by atoms with Gasteiger partial charge in [0.1, 0.15) is 12.6 Å². The molecule has 0 bridgehead atoms. The van der Waals surface area contributed by atoms with Crippen molar-refractivity contribution in [1.29, 1.82) is 0 Å². The highest BCUT2D eigenvalue weighted by atomic mass is 35.5. The molecule has 0 spiro atoms. The minimum Gasteiger partial charge on any atom is -0.355 e. The molecule has 0 saturated heterocycles. The van der Waals surface area contributed by atoms with Crippen molar-refractivity contribution in [3.63, 3.8) is 0 Å². The highest BCUT2D eigenvalue weighted by molar-refractivity contribution is 7.92. The van der Waals surface area contributed by atoms with Crippen molar-refractivity contribution < 1.29 is 18.0 Å². The lowest BCUT2D eigenvalue weighted by molar-refractivity contribution is -0.139. The Hall–Kier alpha value is -2.58. The van der Waals surface area contributed by atoms with Crippen LogP contribution in [0.3, 0.4) is 0 Å². The molecule has 1 N–H and O–H groups in total. The van der Waals surface area contributed by atoms with E-state index in [9.17, 15) is 18.0 Å². The largest absolute Gasteiger partial charge is 0.355 e. The van der Waals surface area contributed by atoms with Crippen LogP contribution in [0.5, 0.6) is 0 Å². The van der Waals surface area contributed by atoms with Crippen molar-refractivity contribution in [2.75, 3.05) is 23.7 Å². The molecular weight excluding hydrogens is 462 g/mol. The number of carbonyl (C=O) groups excluding carboxylic acids is 2. The van der Waals surface area contributed by atoms with Gasteiger partial charge in [-0.15, -0.1) is 0 Å². The number of para-hydroxylation sites is 1. The highest BCUT2D eigenvalue weighted by Crippen LogP contribution is 2.29. The molecule has 0 fully saturated rings. The van der Waals surface area contributed by atoms with E-state index < -0.39 is 28.5 Å². The molecule has 2 rings (SSSR count). The van der Waals surface area contributed by atoms with E-state index in [1.54, 1.807) is 50.2 Å². The summed E-state index contributed by atoms with van der Waals surface area (Å²) in [5, 5.41) is 3.23. The molecule has 0 aliphatic rings. The van der Waals surface area contributed by atoms with Crippen LogP contribution in [0, 0.1) is 0 Å². The monoisotopic (exact) mass is 493 g/mol. The summed E-state index contributed by atoms with van der Waals surface area (Å²) in [5.74, 6) is -0.753. The van der Waals surface area contributed by atoms with Gasteiger partial charge >= 0.3 is 0 Å². The quantitative estimate of drug-likeness (QED) is 0.545. The van der Waals surface area contributed by atoms with Gasteiger partial charge in [-0.25, -0.2) is 8.42 Å². The summed E-state index contributed by atoms with van der Waals surface area (Å²) in [6.45, 7) is 7.45. The maximum Gasteiger partial charge on any atom is 0.244 e. The third kappa shape index (κ3) is 7.20. The molecule has 7 nitrogen and oxygen atoms in total. The van der Waals surface area contributed by atoms with E-state index in [1.165, 1.54) is 4.90 Å². The number of amides is 2. The van der Waals surface area contributed by atoms with Crippen molar-refractivity contribution in [1.82, 2.24) is 10.2 Å². The molecule has 0 heterocycles. The Kier molecular flexibility index (Phi) is 9.31. The number of hydrogen-bond donors (Lipinski definition) is 1. The lowest BCUT2D eigenvalue weighted by atomic mass is 10.0. The lowest BCUT2D eigenvalue weighted by Crippen LogP contribution is -2.51. The van der Waals surface area contributed by atoms with Crippen LogP contribution >= 0.6 is 11.6 Å². The van der Waals surface area contributed by atoms with E-state index in [-0.39, 0.29) is 18.4 Å². The van der Waals surface area contributed by atoms with E-state index >= 15 is 0 Å². The van der Waals surface area contributed by atoms with E-state index in [0.29, 0.717) is 17.3 Å². The molecule has 1 atom stereocenters. The SMILES string of the molecule is CCNC(=O)[C@H](C)N(Cc1cccc(Cl)c1)C(=O)CN(c1ccccc1C(C)C)S(C)(=O)=O. The minimum atomic E-state index is -3.77. The zero-order valence-corrected chi connectivity index (χ0v) is 21.3. The third-order valence-corrected chi connectivity index (χ3v) is 6.63. The maximum absolute atomic E-state index is 13.5. The van der Waals surface area contributed by atoms with Gasteiger partial charge in [-0.1, -0.05) is 55.8 Å². The molecule has 0 aromatic heterocycles. The zero-order chi connectivity index (χ0) is 24.8. The summed E-state index contributed by atoms with van der Waals surface area (Å²) in [4.78, 5) is 27.5. The molecule has 9 heteroatoms. The van der Waals surface area contributed by atoms with Crippen LogP contribution < -0.4 is 9.62 Å². The normalized spacial score (nSPS) is 12.3. The third-order valence-electron chi connectivity index (χ3n) is 5.27. The van der Waals surface area contributed by atoms with Crippen LogP contribution in [0.1, 0.15) is 44.7 Å². The van der Waals surface area contributed by atoms with Crippen molar-refractivity contribution in [2.45, 2.75) is 46.2 Å². The number of sulfonamides is 1. The van der Waals surface area contributed by atoms with Crippen LogP contribution in [-0.2, 0) is 26.2 Å². The summed E-state index contributed by atoms with van der Waals surface area (Å²) < 4.78 is 26.6. The fourth-order valence-corrected chi connectivity index (χ4v) is 4.62. The van der Waals surface area contributed by atoms with Gasteiger partial charge in [-0.05, 0) is 49.1 Å². The Labute approximate surface area is 201 Å². The van der Waals surface area contributed by atoms with Gasteiger partial charge in [0.2, 0.25) is 21.8 Å². The number of hydrogen-bond acceptors (Lipinski definition) is 4. The highest BCUT2D eigenvalue weighted by Gasteiger charge is 2.30. The maximum atomic E-state index is 13.5. The number of benzene rings is 2. The van der Waals surface area contributed by atoms with Crippen molar-refractivity contribution >= 4 is 39.1 Å². The molecule has 2 amide bonds. The van der Waals surface area contributed by atoms with Crippen LogP contribution in [0.2, 0.25) is 5.02 Å². The van der Waals surface area contributed by atoms with Crippen LogP contribution in [0.15, 0.2) is 48.5 Å². The molecular formula is C24H32ClN3O4S. The molecule has 0 aliphatic carbocycles. The molecule has 0 radical (unpaired) electrons. The van der Waals surface area contributed by atoms with Crippen molar-refractivity contribution in [3.05, 3.63) is 64.7 Å². The van der Waals surface area contributed by atoms with Gasteiger partial charge in [0.15, 0.2) is 0 Å². The standard InChI is InChI=1S/C24H32ClN3O4S/c1-6-26-24(30)18(4)27(15-19-10-9-11-20(25)14-19)23(29)16-28(33(5,31)32)22-13-8-7-12-21(22)17(2)3/h7-14,17-18H,6,15-16H2,1-5H3,(H,26,30)/t18-/m0/s1. The van der Waals surface area contributed by atoms with Gasteiger partial charge in [-0.2, -0.15) is 0 Å². The Balaban J connectivity index is 2.45. The summed E-state index contributed by atoms with van der Waals surface area (Å²) in [5.41, 5.74) is 2.01. The summed E-state index contributed by atoms with van der Waals surface area (Å²) in [7, 11) is -3.77. The predicted octanol–water partition coefficient (Wildman–Crippen LogP) is 3.78. The first-order chi connectivity index (χ1) is 15.5. The van der Waals surface area contributed by atoms with Crippen LogP contribution in [-0.4, -0.2) is 50.5 Å². The molecule has 2 aromatic carbocycles. The zero-order valence-electron chi connectivity index (χ0n) is 19.7. The molecule has 2 aromatic rings. The molecule has 0 aliphatic heterocycles.